The fraction of sp³-hybridized carbons (Fsp3) is 0.312. The number of likely N-dealkylation sites (N-methyl/N-ethyl adjacent to an activating group) is 1. The summed E-state index contributed by atoms with van der Waals surface area (Å²) in [6, 6.07) is 9.61. The van der Waals surface area contributed by atoms with Gasteiger partial charge in [0, 0.05) is 18.3 Å². The first-order valence-corrected chi connectivity index (χ1v) is 6.92. The number of rotatable bonds is 4. The van der Waals surface area contributed by atoms with Crippen LogP contribution in [0.4, 0.5) is 0 Å². The van der Waals surface area contributed by atoms with Crippen molar-refractivity contribution < 1.29 is 9.47 Å². The van der Waals surface area contributed by atoms with Crippen LogP contribution in [0.1, 0.15) is 17.2 Å². The number of hydrogen-bond donors (Lipinski definition) is 1. The Morgan fingerprint density at radius 2 is 2.10 bits per heavy atom. The third-order valence-electron chi connectivity index (χ3n) is 3.74. The Bertz CT molecular complexity index is 709. The van der Waals surface area contributed by atoms with Gasteiger partial charge in [-0.1, -0.05) is 12.1 Å². The Hall–Kier alpha value is -2.27. The molecule has 0 aliphatic carbocycles. The van der Waals surface area contributed by atoms with Crippen LogP contribution in [0.2, 0.25) is 0 Å². The molecule has 1 unspecified atom stereocenters. The van der Waals surface area contributed by atoms with Crippen LogP contribution in [0.3, 0.4) is 0 Å². The number of nitrogens with one attached hydrogen (secondary N) is 1. The van der Waals surface area contributed by atoms with Crippen molar-refractivity contribution in [2.45, 2.75) is 19.5 Å². The topological polar surface area (TPSA) is 52.5 Å². The number of ether oxygens (including phenoxy) is 2. The highest BCUT2D eigenvalue weighted by Gasteiger charge is 2.17. The minimum Gasteiger partial charge on any atom is -0.454 e. The molecule has 1 N–H and O–H groups in total. The minimum absolute atomic E-state index is 0.0269. The van der Waals surface area contributed by atoms with Crippen LogP contribution in [-0.4, -0.2) is 18.4 Å². The van der Waals surface area contributed by atoms with Gasteiger partial charge in [0.25, 0.3) is 5.56 Å². The molecule has 5 nitrogen and oxygen atoms in total. The largest absolute Gasteiger partial charge is 0.454 e. The van der Waals surface area contributed by atoms with Crippen molar-refractivity contribution in [3.05, 3.63) is 58.0 Å². The highest BCUT2D eigenvalue weighted by molar-refractivity contribution is 5.45. The van der Waals surface area contributed by atoms with Crippen molar-refractivity contribution in [2.75, 3.05) is 13.8 Å². The molecule has 1 aromatic carbocycles. The van der Waals surface area contributed by atoms with Gasteiger partial charge in [-0.05, 0) is 37.7 Å². The van der Waals surface area contributed by atoms with Gasteiger partial charge in [-0.25, -0.2) is 0 Å². The average molecular weight is 286 g/mol. The first kappa shape index (κ1) is 13.7. The number of aryl methyl sites for hydroxylation is 1. The molecule has 0 amide bonds. The van der Waals surface area contributed by atoms with E-state index in [9.17, 15) is 4.79 Å². The second kappa shape index (κ2) is 5.61. The summed E-state index contributed by atoms with van der Waals surface area (Å²) in [6.07, 6.45) is 1.81. The lowest BCUT2D eigenvalue weighted by Crippen LogP contribution is -2.29. The van der Waals surface area contributed by atoms with Crippen molar-refractivity contribution in [3.63, 3.8) is 0 Å². The van der Waals surface area contributed by atoms with Gasteiger partial charge in [0.1, 0.15) is 0 Å². The van der Waals surface area contributed by atoms with E-state index in [0.717, 1.165) is 22.6 Å². The molecule has 0 bridgehead atoms. The highest BCUT2D eigenvalue weighted by atomic mass is 16.7. The Balaban J connectivity index is 1.88. The third-order valence-corrected chi connectivity index (χ3v) is 3.74. The molecular formula is C16H18N2O3. The van der Waals surface area contributed by atoms with Crippen LogP contribution in [0.5, 0.6) is 11.5 Å². The summed E-state index contributed by atoms with van der Waals surface area (Å²) in [6.45, 7) is 2.66. The molecule has 2 heterocycles. The number of benzene rings is 1. The normalized spacial score (nSPS) is 14.2. The first-order valence-electron chi connectivity index (χ1n) is 6.92. The van der Waals surface area contributed by atoms with Crippen molar-refractivity contribution in [1.29, 1.82) is 0 Å². The van der Waals surface area contributed by atoms with Crippen LogP contribution in [-0.2, 0) is 6.54 Å². The van der Waals surface area contributed by atoms with E-state index in [2.05, 4.69) is 5.32 Å². The van der Waals surface area contributed by atoms with Crippen molar-refractivity contribution in [2.24, 2.45) is 0 Å². The monoisotopic (exact) mass is 286 g/mol. The maximum absolute atomic E-state index is 12.1. The molecule has 3 rings (SSSR count). The van der Waals surface area contributed by atoms with Crippen LogP contribution in [0, 0.1) is 6.92 Å². The number of nitrogens with zero attached hydrogens (tertiary/aromatic N) is 1. The van der Waals surface area contributed by atoms with Gasteiger partial charge in [-0.3, -0.25) is 4.79 Å². The van der Waals surface area contributed by atoms with Gasteiger partial charge in [-0.15, -0.1) is 0 Å². The molecular weight excluding hydrogens is 268 g/mol. The Labute approximate surface area is 123 Å². The fourth-order valence-electron chi connectivity index (χ4n) is 2.49. The van der Waals surface area contributed by atoms with Gasteiger partial charge in [0.15, 0.2) is 11.5 Å². The molecule has 0 saturated heterocycles. The van der Waals surface area contributed by atoms with E-state index < -0.39 is 0 Å². The number of fused-ring (bicyclic) bond motifs is 1. The summed E-state index contributed by atoms with van der Waals surface area (Å²) in [5, 5.41) is 3.25. The average Bonchev–Trinajstić information content (AvgIpc) is 2.96. The van der Waals surface area contributed by atoms with E-state index in [1.165, 1.54) is 0 Å². The molecule has 21 heavy (non-hydrogen) atoms. The molecule has 0 radical (unpaired) electrons. The van der Waals surface area contributed by atoms with E-state index >= 15 is 0 Å². The molecule has 0 spiro atoms. The van der Waals surface area contributed by atoms with Crippen molar-refractivity contribution >= 4 is 0 Å². The molecule has 0 saturated carbocycles. The Kier molecular flexibility index (Phi) is 3.66. The minimum atomic E-state index is 0.0269. The zero-order valence-corrected chi connectivity index (χ0v) is 12.1. The molecule has 1 aromatic heterocycles. The fourth-order valence-corrected chi connectivity index (χ4v) is 2.49. The van der Waals surface area contributed by atoms with Crippen molar-refractivity contribution in [3.8, 4) is 11.5 Å². The van der Waals surface area contributed by atoms with Crippen LogP contribution in [0.15, 0.2) is 41.3 Å². The summed E-state index contributed by atoms with van der Waals surface area (Å²) in [5.41, 5.74) is 1.85. The lowest BCUT2D eigenvalue weighted by molar-refractivity contribution is 0.174. The number of pyridine rings is 1. The summed E-state index contributed by atoms with van der Waals surface area (Å²) >= 11 is 0. The smallest absolute Gasteiger partial charge is 0.253 e. The molecule has 110 valence electrons. The summed E-state index contributed by atoms with van der Waals surface area (Å²) in [4.78, 5) is 12.1. The SMILES string of the molecule is CNC(Cn1cccc(C)c1=O)c1ccc2c(c1)OCO2. The Morgan fingerprint density at radius 1 is 1.29 bits per heavy atom. The maximum atomic E-state index is 12.1. The first-order chi connectivity index (χ1) is 10.2. The standard InChI is InChI=1S/C16H18N2O3/c1-11-4-3-7-18(16(11)19)9-13(17-2)12-5-6-14-15(8-12)21-10-20-14/h3-8,13,17H,9-10H2,1-2H3. The van der Waals surface area contributed by atoms with Gasteiger partial charge in [0.05, 0.1) is 6.04 Å². The van der Waals surface area contributed by atoms with Gasteiger partial charge < -0.3 is 19.4 Å². The molecule has 1 aliphatic heterocycles. The predicted molar refractivity (Wildman–Crippen MR) is 79.8 cm³/mol. The van der Waals surface area contributed by atoms with E-state index in [0.29, 0.717) is 6.54 Å². The predicted octanol–water partition coefficient (Wildman–Crippen LogP) is 1.85. The third kappa shape index (κ3) is 2.64. The summed E-state index contributed by atoms with van der Waals surface area (Å²) in [7, 11) is 1.89. The van der Waals surface area contributed by atoms with E-state index in [1.54, 1.807) is 4.57 Å². The van der Waals surface area contributed by atoms with Crippen LogP contribution < -0.4 is 20.3 Å². The molecule has 0 fully saturated rings. The zero-order chi connectivity index (χ0) is 14.8. The zero-order valence-electron chi connectivity index (χ0n) is 12.1. The molecule has 2 aromatic rings. The second-order valence-electron chi connectivity index (χ2n) is 5.10. The van der Waals surface area contributed by atoms with E-state index in [1.807, 2.05) is 50.5 Å². The quantitative estimate of drug-likeness (QED) is 0.932. The number of aromatic nitrogens is 1. The maximum Gasteiger partial charge on any atom is 0.253 e. The lowest BCUT2D eigenvalue weighted by atomic mass is 10.1. The number of hydrogen-bond acceptors (Lipinski definition) is 4. The lowest BCUT2D eigenvalue weighted by Gasteiger charge is -2.18. The van der Waals surface area contributed by atoms with Gasteiger partial charge in [-0.2, -0.15) is 0 Å². The van der Waals surface area contributed by atoms with Gasteiger partial charge in [0.2, 0.25) is 6.79 Å². The van der Waals surface area contributed by atoms with Crippen LogP contribution in [0.25, 0.3) is 0 Å². The highest BCUT2D eigenvalue weighted by Crippen LogP contribution is 2.34. The van der Waals surface area contributed by atoms with E-state index in [4.69, 9.17) is 9.47 Å². The van der Waals surface area contributed by atoms with Crippen LogP contribution >= 0.6 is 0 Å². The summed E-state index contributed by atoms with van der Waals surface area (Å²) < 4.78 is 12.5. The van der Waals surface area contributed by atoms with Gasteiger partial charge >= 0.3 is 0 Å². The summed E-state index contributed by atoms with van der Waals surface area (Å²) in [5.74, 6) is 1.52. The Morgan fingerprint density at radius 3 is 2.90 bits per heavy atom. The molecule has 1 aliphatic rings. The molecule has 5 heteroatoms. The van der Waals surface area contributed by atoms with Crippen molar-refractivity contribution in [1.82, 2.24) is 9.88 Å². The molecule has 1 atom stereocenters. The second-order valence-corrected chi connectivity index (χ2v) is 5.10. The van der Waals surface area contributed by atoms with E-state index in [-0.39, 0.29) is 18.4 Å².